The van der Waals surface area contributed by atoms with Gasteiger partial charge in [0.25, 0.3) is 0 Å². The minimum absolute atomic E-state index is 0.202. The van der Waals surface area contributed by atoms with Gasteiger partial charge in [0.2, 0.25) is 0 Å². The summed E-state index contributed by atoms with van der Waals surface area (Å²) >= 11 is 0. The molecule has 1 amide bonds. The van der Waals surface area contributed by atoms with Gasteiger partial charge in [0.15, 0.2) is 0 Å². The van der Waals surface area contributed by atoms with Crippen LogP contribution < -0.4 is 4.90 Å². The van der Waals surface area contributed by atoms with Crippen molar-refractivity contribution in [2.75, 3.05) is 24.7 Å². The average molecular weight is 379 g/mol. The van der Waals surface area contributed by atoms with Crippen molar-refractivity contribution in [3.8, 4) is 0 Å². The van der Waals surface area contributed by atoms with Gasteiger partial charge in [-0.3, -0.25) is 9.69 Å². The number of anilines is 1. The van der Waals surface area contributed by atoms with Crippen LogP contribution in [0.4, 0.5) is 10.5 Å². The Morgan fingerprint density at radius 2 is 1.56 bits per heavy atom. The van der Waals surface area contributed by atoms with Gasteiger partial charge in [-0.05, 0) is 65.3 Å². The molecular weight excluding hydrogens is 350 g/mol. The van der Waals surface area contributed by atoms with Crippen molar-refractivity contribution in [1.29, 1.82) is 0 Å². The maximum absolute atomic E-state index is 12.6. The number of amides is 1. The Bertz CT molecular complexity index is 633. The van der Waals surface area contributed by atoms with Crippen LogP contribution in [0.5, 0.6) is 0 Å². The van der Waals surface area contributed by atoms with Crippen LogP contribution in [0.15, 0.2) is 24.3 Å². The van der Waals surface area contributed by atoms with Crippen LogP contribution >= 0.6 is 0 Å². The molecule has 7 heteroatoms. The second-order valence-corrected chi connectivity index (χ2v) is 6.81. The summed E-state index contributed by atoms with van der Waals surface area (Å²) in [5.41, 5.74) is 0.318. The van der Waals surface area contributed by atoms with Crippen molar-refractivity contribution in [1.82, 2.24) is 0 Å². The van der Waals surface area contributed by atoms with Gasteiger partial charge in [0.05, 0.1) is 18.8 Å². The van der Waals surface area contributed by atoms with E-state index in [4.69, 9.17) is 14.2 Å². The standard InChI is InChI=1S/C20H29NO6/c1-6-25-17(22)9-8-14-21(19(24)27-20(3,4)5)16-12-10-15(11-13-16)18(23)26-7-2/h10-13H,6-9,14H2,1-5H3. The second kappa shape index (κ2) is 10.5. The number of rotatable bonds is 8. The Hall–Kier alpha value is -2.57. The minimum Gasteiger partial charge on any atom is -0.466 e. The number of hydrogen-bond donors (Lipinski definition) is 0. The van der Waals surface area contributed by atoms with Gasteiger partial charge < -0.3 is 14.2 Å². The molecule has 0 aromatic heterocycles. The fourth-order valence-corrected chi connectivity index (χ4v) is 2.25. The van der Waals surface area contributed by atoms with Gasteiger partial charge in [-0.2, -0.15) is 0 Å². The molecule has 0 radical (unpaired) electrons. The molecule has 0 bridgehead atoms. The van der Waals surface area contributed by atoms with Crippen molar-refractivity contribution >= 4 is 23.7 Å². The van der Waals surface area contributed by atoms with Crippen LogP contribution in [0.2, 0.25) is 0 Å². The van der Waals surface area contributed by atoms with Gasteiger partial charge >= 0.3 is 18.0 Å². The summed E-state index contributed by atoms with van der Waals surface area (Å²) in [4.78, 5) is 37.3. The molecule has 1 aromatic rings. The lowest BCUT2D eigenvalue weighted by Crippen LogP contribution is -2.37. The predicted molar refractivity (Wildman–Crippen MR) is 102 cm³/mol. The summed E-state index contributed by atoms with van der Waals surface area (Å²) in [5, 5.41) is 0. The van der Waals surface area contributed by atoms with Crippen molar-refractivity contribution in [2.45, 2.75) is 53.1 Å². The van der Waals surface area contributed by atoms with Gasteiger partial charge in [-0.1, -0.05) is 0 Å². The maximum atomic E-state index is 12.6. The van der Waals surface area contributed by atoms with E-state index < -0.39 is 17.7 Å². The Morgan fingerprint density at radius 3 is 2.07 bits per heavy atom. The molecule has 0 aliphatic rings. The number of ether oxygens (including phenoxy) is 3. The molecule has 0 saturated heterocycles. The number of carbonyl (C=O) groups excluding carboxylic acids is 3. The van der Waals surface area contributed by atoms with Crippen LogP contribution in [0.3, 0.4) is 0 Å². The largest absolute Gasteiger partial charge is 0.466 e. The number of nitrogens with zero attached hydrogens (tertiary/aromatic N) is 1. The van der Waals surface area contributed by atoms with E-state index in [2.05, 4.69) is 0 Å². The third-order valence-corrected chi connectivity index (χ3v) is 3.37. The Morgan fingerprint density at radius 1 is 0.963 bits per heavy atom. The van der Waals surface area contributed by atoms with E-state index in [0.29, 0.717) is 30.9 Å². The van der Waals surface area contributed by atoms with Gasteiger partial charge in [-0.15, -0.1) is 0 Å². The molecule has 1 rings (SSSR count). The number of esters is 2. The Labute approximate surface area is 160 Å². The molecule has 0 N–H and O–H groups in total. The topological polar surface area (TPSA) is 82.1 Å². The minimum atomic E-state index is -0.651. The van der Waals surface area contributed by atoms with E-state index in [0.717, 1.165) is 0 Å². The first-order valence-electron chi connectivity index (χ1n) is 9.11. The third-order valence-electron chi connectivity index (χ3n) is 3.37. The third kappa shape index (κ3) is 8.11. The first-order valence-corrected chi connectivity index (χ1v) is 9.11. The summed E-state index contributed by atoms with van der Waals surface area (Å²) in [5.74, 6) is -0.727. The summed E-state index contributed by atoms with van der Waals surface area (Å²) < 4.78 is 15.3. The van der Waals surface area contributed by atoms with Crippen LogP contribution in [0, 0.1) is 0 Å². The highest BCUT2D eigenvalue weighted by atomic mass is 16.6. The first kappa shape index (κ1) is 22.5. The lowest BCUT2D eigenvalue weighted by molar-refractivity contribution is -0.143. The van der Waals surface area contributed by atoms with Crippen molar-refractivity contribution in [3.05, 3.63) is 29.8 Å². The first-order chi connectivity index (χ1) is 12.7. The molecule has 1 aromatic carbocycles. The Balaban J connectivity index is 2.90. The summed E-state index contributed by atoms with van der Waals surface area (Å²) in [7, 11) is 0. The van der Waals surface area contributed by atoms with E-state index in [9.17, 15) is 14.4 Å². The van der Waals surface area contributed by atoms with Gasteiger partial charge in [0, 0.05) is 18.7 Å². The summed E-state index contributed by atoms with van der Waals surface area (Å²) in [6.07, 6.45) is 0.112. The smallest absolute Gasteiger partial charge is 0.414 e. The maximum Gasteiger partial charge on any atom is 0.414 e. The number of carbonyl (C=O) groups is 3. The zero-order valence-corrected chi connectivity index (χ0v) is 16.7. The van der Waals surface area contributed by atoms with E-state index >= 15 is 0 Å². The fraction of sp³-hybridized carbons (Fsp3) is 0.550. The van der Waals surface area contributed by atoms with Gasteiger partial charge in [0.1, 0.15) is 5.60 Å². The van der Waals surface area contributed by atoms with Crippen LogP contribution in [-0.2, 0) is 19.0 Å². The molecule has 0 unspecified atom stereocenters. The highest BCUT2D eigenvalue weighted by molar-refractivity contribution is 5.92. The molecule has 0 spiro atoms. The molecule has 27 heavy (non-hydrogen) atoms. The Kier molecular flexibility index (Phi) is 8.78. The monoisotopic (exact) mass is 379 g/mol. The van der Waals surface area contributed by atoms with Crippen LogP contribution in [-0.4, -0.2) is 43.4 Å². The molecule has 0 aliphatic carbocycles. The lowest BCUT2D eigenvalue weighted by Gasteiger charge is -2.27. The molecule has 0 atom stereocenters. The normalized spacial score (nSPS) is 10.9. The zero-order valence-electron chi connectivity index (χ0n) is 16.7. The highest BCUT2D eigenvalue weighted by Gasteiger charge is 2.23. The van der Waals surface area contributed by atoms with Crippen LogP contribution in [0.1, 0.15) is 57.8 Å². The van der Waals surface area contributed by atoms with E-state index in [1.54, 1.807) is 58.9 Å². The molecule has 0 heterocycles. The van der Waals surface area contributed by atoms with Crippen molar-refractivity contribution < 1.29 is 28.6 Å². The zero-order chi connectivity index (χ0) is 20.4. The van der Waals surface area contributed by atoms with Crippen molar-refractivity contribution in [3.63, 3.8) is 0 Å². The number of benzene rings is 1. The van der Waals surface area contributed by atoms with E-state index in [1.807, 2.05) is 0 Å². The molecule has 0 aliphatic heterocycles. The fourth-order valence-electron chi connectivity index (χ4n) is 2.25. The molecule has 150 valence electrons. The highest BCUT2D eigenvalue weighted by Crippen LogP contribution is 2.20. The van der Waals surface area contributed by atoms with Crippen molar-refractivity contribution in [2.24, 2.45) is 0 Å². The van der Waals surface area contributed by atoms with E-state index in [1.165, 1.54) is 4.90 Å². The van der Waals surface area contributed by atoms with E-state index in [-0.39, 0.29) is 18.9 Å². The number of hydrogen-bond acceptors (Lipinski definition) is 6. The quantitative estimate of drug-likeness (QED) is 0.502. The van der Waals surface area contributed by atoms with Crippen LogP contribution in [0.25, 0.3) is 0 Å². The SMILES string of the molecule is CCOC(=O)CCCN(C(=O)OC(C)(C)C)c1ccc(C(=O)OCC)cc1. The molecular formula is C20H29NO6. The molecule has 0 saturated carbocycles. The lowest BCUT2D eigenvalue weighted by atomic mass is 10.2. The average Bonchev–Trinajstić information content (AvgIpc) is 2.58. The summed E-state index contributed by atoms with van der Waals surface area (Å²) in [6.45, 7) is 9.73. The van der Waals surface area contributed by atoms with Gasteiger partial charge in [-0.25, -0.2) is 9.59 Å². The summed E-state index contributed by atoms with van der Waals surface area (Å²) in [6, 6.07) is 6.49. The predicted octanol–water partition coefficient (Wildman–Crippen LogP) is 3.95. The molecule has 0 fully saturated rings. The molecule has 7 nitrogen and oxygen atoms in total. The second-order valence-electron chi connectivity index (χ2n) is 6.81.